The van der Waals surface area contributed by atoms with Crippen molar-refractivity contribution < 1.29 is 19.4 Å². The number of aliphatic imine (C=N–C) groups is 1. The Hall–Kier alpha value is -2.50. The maximum atomic E-state index is 10.6. The first-order valence-electron chi connectivity index (χ1n) is 7.07. The van der Waals surface area contributed by atoms with Crippen LogP contribution in [0.3, 0.4) is 0 Å². The van der Waals surface area contributed by atoms with Crippen LogP contribution in [0.25, 0.3) is 0 Å². The molecular formula is C16H20N2O4. The van der Waals surface area contributed by atoms with Crippen LogP contribution in [0.15, 0.2) is 35.0 Å². The van der Waals surface area contributed by atoms with E-state index in [-0.39, 0.29) is 6.54 Å². The summed E-state index contributed by atoms with van der Waals surface area (Å²) in [5.74, 6) is 0.416. The molecule has 0 radical (unpaired) electrons. The quantitative estimate of drug-likeness (QED) is 0.844. The predicted molar refractivity (Wildman–Crippen MR) is 85.0 cm³/mol. The highest BCUT2D eigenvalue weighted by molar-refractivity contribution is 5.97. The van der Waals surface area contributed by atoms with E-state index in [1.54, 1.807) is 14.2 Å². The molecule has 0 fully saturated rings. The SMILES string of the molecule is COc1ccc(NC2=CC(=NCC(=O)O)CCC2)cc1OC. The summed E-state index contributed by atoms with van der Waals surface area (Å²) in [4.78, 5) is 14.7. The van der Waals surface area contributed by atoms with Gasteiger partial charge in [-0.3, -0.25) is 9.79 Å². The lowest BCUT2D eigenvalue weighted by molar-refractivity contribution is -0.135. The molecule has 0 aliphatic heterocycles. The number of ether oxygens (including phenoxy) is 2. The highest BCUT2D eigenvalue weighted by Crippen LogP contribution is 2.31. The minimum Gasteiger partial charge on any atom is -0.493 e. The molecule has 1 aromatic carbocycles. The number of carboxylic acid groups (broad SMARTS) is 1. The fraction of sp³-hybridized carbons (Fsp3) is 0.375. The van der Waals surface area contributed by atoms with Crippen LogP contribution in [0.2, 0.25) is 0 Å². The van der Waals surface area contributed by atoms with Crippen LogP contribution in [0.1, 0.15) is 19.3 Å². The van der Waals surface area contributed by atoms with Gasteiger partial charge in [-0.25, -0.2) is 0 Å². The van der Waals surface area contributed by atoms with E-state index < -0.39 is 5.97 Å². The molecule has 1 aliphatic carbocycles. The summed E-state index contributed by atoms with van der Waals surface area (Å²) in [5, 5.41) is 12.0. The van der Waals surface area contributed by atoms with Crippen molar-refractivity contribution in [1.29, 1.82) is 0 Å². The second kappa shape index (κ2) is 7.49. The van der Waals surface area contributed by atoms with Crippen molar-refractivity contribution in [2.24, 2.45) is 4.99 Å². The number of carbonyl (C=O) groups is 1. The molecule has 118 valence electrons. The smallest absolute Gasteiger partial charge is 0.325 e. The first kappa shape index (κ1) is 15.9. The Morgan fingerprint density at radius 1 is 1.27 bits per heavy atom. The summed E-state index contributed by atoms with van der Waals surface area (Å²) < 4.78 is 10.5. The molecule has 2 rings (SSSR count). The Bertz CT molecular complexity index is 608. The summed E-state index contributed by atoms with van der Waals surface area (Å²) in [5.41, 5.74) is 2.72. The number of hydrogen-bond acceptors (Lipinski definition) is 5. The van der Waals surface area contributed by atoms with Gasteiger partial charge in [0.15, 0.2) is 11.5 Å². The van der Waals surface area contributed by atoms with E-state index in [2.05, 4.69) is 10.3 Å². The van der Waals surface area contributed by atoms with Gasteiger partial charge >= 0.3 is 5.97 Å². The second-order valence-corrected chi connectivity index (χ2v) is 4.92. The van der Waals surface area contributed by atoms with Crippen LogP contribution >= 0.6 is 0 Å². The molecule has 2 N–H and O–H groups in total. The van der Waals surface area contributed by atoms with Gasteiger partial charge in [-0.15, -0.1) is 0 Å². The van der Waals surface area contributed by atoms with E-state index in [1.807, 2.05) is 24.3 Å². The first-order valence-corrected chi connectivity index (χ1v) is 7.07. The van der Waals surface area contributed by atoms with Gasteiger partial charge in [0, 0.05) is 23.2 Å². The van der Waals surface area contributed by atoms with Crippen LogP contribution in [0.5, 0.6) is 11.5 Å². The average Bonchev–Trinajstić information content (AvgIpc) is 2.53. The van der Waals surface area contributed by atoms with E-state index in [4.69, 9.17) is 14.6 Å². The molecule has 0 spiro atoms. The minimum absolute atomic E-state index is 0.185. The van der Waals surface area contributed by atoms with E-state index in [0.717, 1.165) is 36.4 Å². The van der Waals surface area contributed by atoms with Gasteiger partial charge in [0.1, 0.15) is 6.54 Å². The Morgan fingerprint density at radius 2 is 2.05 bits per heavy atom. The number of rotatable bonds is 6. The largest absolute Gasteiger partial charge is 0.493 e. The summed E-state index contributed by atoms with van der Waals surface area (Å²) in [6, 6.07) is 5.61. The minimum atomic E-state index is -0.916. The van der Waals surface area contributed by atoms with Gasteiger partial charge < -0.3 is 19.9 Å². The van der Waals surface area contributed by atoms with Crippen LogP contribution in [-0.2, 0) is 4.79 Å². The Kier molecular flexibility index (Phi) is 5.41. The predicted octanol–water partition coefficient (Wildman–Crippen LogP) is 2.71. The van der Waals surface area contributed by atoms with Crippen LogP contribution in [-0.4, -0.2) is 37.6 Å². The van der Waals surface area contributed by atoms with Gasteiger partial charge in [0.25, 0.3) is 0 Å². The zero-order valence-electron chi connectivity index (χ0n) is 12.8. The third kappa shape index (κ3) is 4.25. The topological polar surface area (TPSA) is 80.2 Å². The lowest BCUT2D eigenvalue weighted by Gasteiger charge is -2.17. The van der Waals surface area contributed by atoms with Gasteiger partial charge in [-0.1, -0.05) is 0 Å². The van der Waals surface area contributed by atoms with Crippen molar-refractivity contribution in [3.8, 4) is 11.5 Å². The molecule has 0 saturated heterocycles. The van der Waals surface area contributed by atoms with Crippen molar-refractivity contribution in [1.82, 2.24) is 0 Å². The van der Waals surface area contributed by atoms with Crippen molar-refractivity contribution in [2.75, 3.05) is 26.1 Å². The number of hydrogen-bond donors (Lipinski definition) is 2. The second-order valence-electron chi connectivity index (χ2n) is 4.92. The fourth-order valence-electron chi connectivity index (χ4n) is 2.30. The van der Waals surface area contributed by atoms with Crippen LogP contribution in [0, 0.1) is 0 Å². The number of anilines is 1. The summed E-state index contributed by atoms with van der Waals surface area (Å²) in [7, 11) is 3.19. The molecule has 1 aliphatic rings. The van der Waals surface area contributed by atoms with Crippen molar-refractivity contribution in [2.45, 2.75) is 19.3 Å². The number of nitrogens with zero attached hydrogens (tertiary/aromatic N) is 1. The third-order valence-electron chi connectivity index (χ3n) is 3.33. The molecule has 6 heteroatoms. The average molecular weight is 304 g/mol. The molecule has 0 amide bonds. The Morgan fingerprint density at radius 3 is 2.73 bits per heavy atom. The monoisotopic (exact) mass is 304 g/mol. The molecule has 0 unspecified atom stereocenters. The summed E-state index contributed by atoms with van der Waals surface area (Å²) in [6.45, 7) is -0.185. The van der Waals surface area contributed by atoms with Gasteiger partial charge in [0.2, 0.25) is 0 Å². The van der Waals surface area contributed by atoms with Gasteiger partial charge in [0.05, 0.1) is 14.2 Å². The lowest BCUT2D eigenvalue weighted by Crippen LogP contribution is -2.11. The third-order valence-corrected chi connectivity index (χ3v) is 3.33. The number of carboxylic acids is 1. The van der Waals surface area contributed by atoms with Crippen molar-refractivity contribution in [3.05, 3.63) is 30.0 Å². The normalized spacial score (nSPS) is 16.1. The summed E-state index contributed by atoms with van der Waals surface area (Å²) >= 11 is 0. The highest BCUT2D eigenvalue weighted by atomic mass is 16.5. The van der Waals surface area contributed by atoms with E-state index in [0.29, 0.717) is 11.5 Å². The fourth-order valence-corrected chi connectivity index (χ4v) is 2.30. The molecule has 0 atom stereocenters. The molecule has 0 bridgehead atoms. The lowest BCUT2D eigenvalue weighted by atomic mass is 10.0. The zero-order chi connectivity index (χ0) is 15.9. The van der Waals surface area contributed by atoms with Crippen molar-refractivity contribution >= 4 is 17.4 Å². The van der Waals surface area contributed by atoms with Crippen molar-refractivity contribution in [3.63, 3.8) is 0 Å². The van der Waals surface area contributed by atoms with Crippen LogP contribution in [0.4, 0.5) is 5.69 Å². The first-order chi connectivity index (χ1) is 10.6. The molecule has 1 aromatic rings. The van der Waals surface area contributed by atoms with E-state index in [1.165, 1.54) is 0 Å². The number of nitrogens with one attached hydrogen (secondary N) is 1. The molecule has 6 nitrogen and oxygen atoms in total. The number of allylic oxidation sites excluding steroid dienone is 2. The molecule has 22 heavy (non-hydrogen) atoms. The Balaban J connectivity index is 2.12. The standard InChI is InChI=1S/C16H20N2O4/c1-21-14-7-6-13(9-15(14)22-2)18-12-5-3-4-11(8-12)17-10-16(19)20/h6-9,18H,3-5,10H2,1-2H3,(H,19,20). The highest BCUT2D eigenvalue weighted by Gasteiger charge is 2.11. The maximum absolute atomic E-state index is 10.6. The zero-order valence-corrected chi connectivity index (χ0v) is 12.8. The Labute approximate surface area is 129 Å². The number of aliphatic carboxylic acids is 1. The molecular weight excluding hydrogens is 284 g/mol. The number of methoxy groups -OCH3 is 2. The molecule has 0 heterocycles. The van der Waals surface area contributed by atoms with Crippen LogP contribution < -0.4 is 14.8 Å². The van der Waals surface area contributed by atoms with Gasteiger partial charge in [-0.05, 0) is 37.5 Å². The van der Waals surface area contributed by atoms with E-state index in [9.17, 15) is 4.79 Å². The molecule has 0 saturated carbocycles. The van der Waals surface area contributed by atoms with Gasteiger partial charge in [-0.2, -0.15) is 0 Å². The number of benzene rings is 1. The maximum Gasteiger partial charge on any atom is 0.325 e. The molecule has 0 aromatic heterocycles. The summed E-state index contributed by atoms with van der Waals surface area (Å²) in [6.07, 6.45) is 4.58. The van der Waals surface area contributed by atoms with E-state index >= 15 is 0 Å².